The molecule has 1 rings (SSSR count). The molecular formula is C9H18BrNOS. The predicted octanol–water partition coefficient (Wildman–Crippen LogP) is 1.43. The summed E-state index contributed by atoms with van der Waals surface area (Å²) in [5.74, 6) is 3.23. The minimum Gasteiger partial charge on any atom is -0.391 e. The summed E-state index contributed by atoms with van der Waals surface area (Å²) >= 11 is 5.32. The van der Waals surface area contributed by atoms with Gasteiger partial charge in [0.25, 0.3) is 0 Å². The van der Waals surface area contributed by atoms with Gasteiger partial charge < -0.3 is 5.11 Å². The third kappa shape index (κ3) is 4.68. The molecule has 2 nitrogen and oxygen atoms in total. The van der Waals surface area contributed by atoms with Gasteiger partial charge in [0.1, 0.15) is 0 Å². The molecule has 1 saturated heterocycles. The van der Waals surface area contributed by atoms with E-state index in [9.17, 15) is 5.11 Å². The molecule has 0 radical (unpaired) electrons. The van der Waals surface area contributed by atoms with Crippen molar-refractivity contribution in [1.29, 1.82) is 0 Å². The molecule has 0 bridgehead atoms. The van der Waals surface area contributed by atoms with E-state index in [1.165, 1.54) is 11.5 Å². The van der Waals surface area contributed by atoms with Crippen molar-refractivity contribution in [3.05, 3.63) is 0 Å². The molecule has 13 heavy (non-hydrogen) atoms. The van der Waals surface area contributed by atoms with Crippen LogP contribution >= 0.6 is 27.7 Å². The highest BCUT2D eigenvalue weighted by Crippen LogP contribution is 2.15. The van der Waals surface area contributed by atoms with Gasteiger partial charge in [-0.1, -0.05) is 22.9 Å². The first kappa shape index (κ1) is 11.8. The Morgan fingerprint density at radius 2 is 2.46 bits per heavy atom. The second-order valence-corrected chi connectivity index (χ2v) is 5.55. The van der Waals surface area contributed by atoms with Crippen molar-refractivity contribution < 1.29 is 5.11 Å². The highest BCUT2D eigenvalue weighted by atomic mass is 79.9. The Labute approximate surface area is 93.2 Å². The van der Waals surface area contributed by atoms with Crippen molar-refractivity contribution >= 4 is 27.7 Å². The maximum atomic E-state index is 9.49. The van der Waals surface area contributed by atoms with Gasteiger partial charge in [0.15, 0.2) is 0 Å². The smallest absolute Gasteiger partial charge is 0.0763 e. The molecular weight excluding hydrogens is 250 g/mol. The zero-order chi connectivity index (χ0) is 9.68. The van der Waals surface area contributed by atoms with Crippen molar-refractivity contribution in [3.8, 4) is 0 Å². The van der Waals surface area contributed by atoms with Crippen LogP contribution in [0.4, 0.5) is 0 Å². The third-order valence-corrected chi connectivity index (χ3v) is 4.19. The Bertz CT molecular complexity index is 148. The average Bonchev–Trinajstić information content (AvgIpc) is 2.30. The highest BCUT2D eigenvalue weighted by Gasteiger charge is 2.16. The maximum absolute atomic E-state index is 9.49. The van der Waals surface area contributed by atoms with Crippen molar-refractivity contribution in [1.82, 2.24) is 4.90 Å². The summed E-state index contributed by atoms with van der Waals surface area (Å²) in [5, 5.41) is 10.2. The number of rotatable bonds is 3. The number of halogens is 1. The molecule has 1 heterocycles. The number of hydrogen-bond donors (Lipinski definition) is 1. The molecule has 0 aromatic carbocycles. The fourth-order valence-electron chi connectivity index (χ4n) is 1.58. The summed E-state index contributed by atoms with van der Waals surface area (Å²) in [7, 11) is 0. The molecule has 0 aromatic heterocycles. The fraction of sp³-hybridized carbons (Fsp3) is 1.00. The van der Waals surface area contributed by atoms with Crippen molar-refractivity contribution in [2.24, 2.45) is 5.92 Å². The van der Waals surface area contributed by atoms with Crippen molar-refractivity contribution in [3.63, 3.8) is 0 Å². The number of aliphatic hydroxyl groups excluding tert-OH is 1. The second-order valence-electron chi connectivity index (χ2n) is 3.75. The molecule has 0 amide bonds. The second kappa shape index (κ2) is 6.27. The molecule has 0 saturated carbocycles. The minimum absolute atomic E-state index is 0.213. The lowest BCUT2D eigenvalue weighted by atomic mass is 10.2. The number of β-amino-alcohol motifs (C(OH)–C–C–N with tert-alkyl or cyclic N) is 1. The van der Waals surface area contributed by atoms with Gasteiger partial charge in [-0.25, -0.2) is 0 Å². The predicted molar refractivity (Wildman–Crippen MR) is 62.7 cm³/mol. The Morgan fingerprint density at radius 1 is 1.69 bits per heavy atom. The van der Waals surface area contributed by atoms with Gasteiger partial charge in [-0.05, 0) is 11.7 Å². The van der Waals surface area contributed by atoms with Crippen LogP contribution in [-0.4, -0.2) is 52.6 Å². The lowest BCUT2D eigenvalue weighted by molar-refractivity contribution is 0.129. The molecule has 0 aliphatic carbocycles. The zero-order valence-corrected chi connectivity index (χ0v) is 10.5. The molecule has 2 unspecified atom stereocenters. The molecule has 1 aliphatic heterocycles. The van der Waals surface area contributed by atoms with E-state index in [2.05, 4.69) is 27.8 Å². The van der Waals surface area contributed by atoms with Crippen LogP contribution in [0.2, 0.25) is 0 Å². The molecule has 78 valence electrons. The molecule has 4 heteroatoms. The highest BCUT2D eigenvalue weighted by molar-refractivity contribution is 9.09. The Balaban J connectivity index is 2.30. The molecule has 2 atom stereocenters. The van der Waals surface area contributed by atoms with Gasteiger partial charge in [0, 0.05) is 30.7 Å². The van der Waals surface area contributed by atoms with Crippen molar-refractivity contribution in [2.75, 3.05) is 36.5 Å². The largest absolute Gasteiger partial charge is 0.391 e. The quantitative estimate of drug-likeness (QED) is 0.783. The standard InChI is InChI=1S/C9H18BrNOS/c1-8-5-11(2-3-13-7-8)6-9(12)4-10/h8-9,12H,2-7H2,1H3. The van der Waals surface area contributed by atoms with E-state index in [1.807, 2.05) is 11.8 Å². The van der Waals surface area contributed by atoms with Crippen molar-refractivity contribution in [2.45, 2.75) is 13.0 Å². The maximum Gasteiger partial charge on any atom is 0.0763 e. The van der Waals surface area contributed by atoms with Crippen LogP contribution < -0.4 is 0 Å². The first-order valence-corrected chi connectivity index (χ1v) is 7.04. The SMILES string of the molecule is CC1CSCCN(CC(O)CBr)C1. The lowest BCUT2D eigenvalue weighted by Crippen LogP contribution is -2.36. The monoisotopic (exact) mass is 267 g/mol. The van der Waals surface area contributed by atoms with Crippen LogP contribution in [0, 0.1) is 5.92 Å². The van der Waals surface area contributed by atoms with E-state index >= 15 is 0 Å². The Morgan fingerprint density at radius 3 is 3.15 bits per heavy atom. The topological polar surface area (TPSA) is 23.5 Å². The van der Waals surface area contributed by atoms with Gasteiger partial charge in [-0.15, -0.1) is 0 Å². The van der Waals surface area contributed by atoms with E-state index in [0.29, 0.717) is 5.33 Å². The summed E-state index contributed by atoms with van der Waals surface area (Å²) < 4.78 is 0. The van der Waals surface area contributed by atoms with Gasteiger partial charge in [0.2, 0.25) is 0 Å². The molecule has 0 aromatic rings. The molecule has 1 fully saturated rings. The van der Waals surface area contributed by atoms with E-state index in [0.717, 1.165) is 25.6 Å². The summed E-state index contributed by atoms with van der Waals surface area (Å²) in [4.78, 5) is 2.37. The minimum atomic E-state index is -0.213. The van der Waals surface area contributed by atoms with Crippen LogP contribution in [0.5, 0.6) is 0 Å². The van der Waals surface area contributed by atoms with Crippen LogP contribution in [0.25, 0.3) is 0 Å². The average molecular weight is 268 g/mol. The summed E-state index contributed by atoms with van der Waals surface area (Å²) in [5.41, 5.74) is 0. The van der Waals surface area contributed by atoms with E-state index in [-0.39, 0.29) is 6.10 Å². The number of alkyl halides is 1. The van der Waals surface area contributed by atoms with E-state index in [1.54, 1.807) is 0 Å². The first-order valence-electron chi connectivity index (χ1n) is 4.76. The Hall–Kier alpha value is 0.750. The first-order chi connectivity index (χ1) is 6.22. The normalized spacial score (nSPS) is 28.4. The van der Waals surface area contributed by atoms with Gasteiger partial charge in [-0.2, -0.15) is 11.8 Å². The van der Waals surface area contributed by atoms with Crippen LogP contribution in [-0.2, 0) is 0 Å². The summed E-state index contributed by atoms with van der Waals surface area (Å²) in [6, 6.07) is 0. The van der Waals surface area contributed by atoms with Gasteiger partial charge in [-0.3, -0.25) is 4.90 Å². The molecule has 1 aliphatic rings. The molecule has 1 N–H and O–H groups in total. The fourth-order valence-corrected chi connectivity index (χ4v) is 2.84. The number of aliphatic hydroxyl groups is 1. The Kier molecular flexibility index (Phi) is 5.71. The number of hydrogen-bond acceptors (Lipinski definition) is 3. The zero-order valence-electron chi connectivity index (χ0n) is 8.08. The summed E-state index contributed by atoms with van der Waals surface area (Å²) in [6.45, 7) is 5.36. The lowest BCUT2D eigenvalue weighted by Gasteiger charge is -2.23. The van der Waals surface area contributed by atoms with E-state index < -0.39 is 0 Å². The van der Waals surface area contributed by atoms with Gasteiger partial charge >= 0.3 is 0 Å². The molecule has 0 spiro atoms. The number of thioether (sulfide) groups is 1. The van der Waals surface area contributed by atoms with E-state index in [4.69, 9.17) is 0 Å². The van der Waals surface area contributed by atoms with Crippen LogP contribution in [0.15, 0.2) is 0 Å². The summed E-state index contributed by atoms with van der Waals surface area (Å²) in [6.07, 6.45) is -0.213. The van der Waals surface area contributed by atoms with Crippen LogP contribution in [0.3, 0.4) is 0 Å². The third-order valence-electron chi connectivity index (χ3n) is 2.17. The van der Waals surface area contributed by atoms with Gasteiger partial charge in [0.05, 0.1) is 6.10 Å². The number of nitrogens with zero attached hydrogens (tertiary/aromatic N) is 1. The van der Waals surface area contributed by atoms with Crippen LogP contribution in [0.1, 0.15) is 6.92 Å².